The lowest BCUT2D eigenvalue weighted by Gasteiger charge is -2.23. The van der Waals surface area contributed by atoms with Gasteiger partial charge in [-0.1, -0.05) is 18.2 Å². The molecule has 0 spiro atoms. The van der Waals surface area contributed by atoms with E-state index in [1.165, 1.54) is 0 Å². The zero-order valence-electron chi connectivity index (χ0n) is 14.5. The van der Waals surface area contributed by atoms with Gasteiger partial charge in [0, 0.05) is 42.8 Å². The van der Waals surface area contributed by atoms with Crippen LogP contribution >= 0.6 is 0 Å². The maximum atomic E-state index is 5.69. The summed E-state index contributed by atoms with van der Waals surface area (Å²) in [5.41, 5.74) is 4.20. The summed E-state index contributed by atoms with van der Waals surface area (Å²) in [6.07, 6.45) is 5.77. The second-order valence-electron chi connectivity index (χ2n) is 6.22. The molecule has 1 fully saturated rings. The molecule has 2 aromatic heterocycles. The Morgan fingerprint density at radius 3 is 2.69 bits per heavy atom. The number of hydrogen-bond donors (Lipinski definition) is 1. The minimum Gasteiger partial charge on any atom is -0.376 e. The monoisotopic (exact) mass is 350 g/mol. The molecule has 0 bridgehead atoms. The van der Waals surface area contributed by atoms with Gasteiger partial charge in [-0.15, -0.1) is 0 Å². The van der Waals surface area contributed by atoms with E-state index in [0.29, 0.717) is 26.4 Å². The highest BCUT2D eigenvalue weighted by atomic mass is 16.6. The van der Waals surface area contributed by atoms with Crippen LogP contribution in [0.25, 0.3) is 16.9 Å². The molecule has 0 saturated carbocycles. The highest BCUT2D eigenvalue weighted by Crippen LogP contribution is 2.23. The van der Waals surface area contributed by atoms with Crippen LogP contribution in [0, 0.1) is 0 Å². The van der Waals surface area contributed by atoms with Gasteiger partial charge >= 0.3 is 0 Å². The quantitative estimate of drug-likeness (QED) is 0.740. The molecule has 26 heavy (non-hydrogen) atoms. The Bertz CT molecular complexity index is 814. The van der Waals surface area contributed by atoms with Crippen LogP contribution in [-0.2, 0) is 16.0 Å². The van der Waals surface area contributed by atoms with E-state index < -0.39 is 0 Å². The van der Waals surface area contributed by atoms with Gasteiger partial charge in [-0.2, -0.15) is 5.10 Å². The molecule has 4 rings (SSSR count). The number of nitrogens with zero attached hydrogens (tertiary/aromatic N) is 3. The normalized spacial score (nSPS) is 17.3. The van der Waals surface area contributed by atoms with Crippen molar-refractivity contribution in [3.05, 3.63) is 66.6 Å². The molecule has 6 nitrogen and oxygen atoms in total. The minimum atomic E-state index is 0.109. The first-order chi connectivity index (χ1) is 12.9. The molecule has 1 N–H and O–H groups in total. The third-order valence-electron chi connectivity index (χ3n) is 4.34. The van der Waals surface area contributed by atoms with Crippen molar-refractivity contribution in [2.45, 2.75) is 12.6 Å². The number of ether oxygens (including phenoxy) is 2. The maximum absolute atomic E-state index is 5.69. The molecule has 1 aliphatic heterocycles. The van der Waals surface area contributed by atoms with Crippen LogP contribution in [0.3, 0.4) is 0 Å². The SMILES string of the molecule is c1ccc(-n2cc(CNC[C@@H]3COCCO3)c(-c3ccncc3)n2)cc1. The van der Waals surface area contributed by atoms with Crippen LogP contribution in [-0.4, -0.2) is 47.2 Å². The van der Waals surface area contributed by atoms with Gasteiger partial charge in [-0.25, -0.2) is 4.68 Å². The fraction of sp³-hybridized carbons (Fsp3) is 0.300. The standard InChI is InChI=1S/C20H22N4O2/c1-2-4-18(5-3-1)24-14-17(12-22-13-19-15-25-10-11-26-19)20(23-24)16-6-8-21-9-7-16/h1-9,14,19,22H,10-13,15H2/t19-/m1/s1. The fourth-order valence-corrected chi connectivity index (χ4v) is 3.03. The van der Waals surface area contributed by atoms with Crippen LogP contribution in [0.15, 0.2) is 61.1 Å². The molecule has 1 aliphatic rings. The van der Waals surface area contributed by atoms with E-state index >= 15 is 0 Å². The molecule has 0 radical (unpaired) electrons. The van der Waals surface area contributed by atoms with Crippen molar-refractivity contribution in [2.24, 2.45) is 0 Å². The van der Waals surface area contributed by atoms with Crippen molar-refractivity contribution < 1.29 is 9.47 Å². The molecule has 134 valence electrons. The van der Waals surface area contributed by atoms with Gasteiger partial charge in [0.2, 0.25) is 0 Å². The van der Waals surface area contributed by atoms with E-state index in [1.807, 2.05) is 47.1 Å². The first-order valence-electron chi connectivity index (χ1n) is 8.84. The van der Waals surface area contributed by atoms with Crippen molar-refractivity contribution in [3.8, 4) is 16.9 Å². The Kier molecular flexibility index (Phi) is 5.35. The van der Waals surface area contributed by atoms with Crippen molar-refractivity contribution in [3.63, 3.8) is 0 Å². The lowest BCUT2D eigenvalue weighted by atomic mass is 10.1. The Morgan fingerprint density at radius 2 is 1.92 bits per heavy atom. The molecular formula is C20H22N4O2. The lowest BCUT2D eigenvalue weighted by Crippen LogP contribution is -2.37. The summed E-state index contributed by atoms with van der Waals surface area (Å²) >= 11 is 0. The number of benzene rings is 1. The minimum absolute atomic E-state index is 0.109. The summed E-state index contributed by atoms with van der Waals surface area (Å²) < 4.78 is 13.1. The molecule has 0 unspecified atom stereocenters. The topological polar surface area (TPSA) is 61.2 Å². The first-order valence-corrected chi connectivity index (χ1v) is 8.84. The molecule has 0 amide bonds. The number of pyridine rings is 1. The molecule has 3 heterocycles. The predicted octanol–water partition coefficient (Wildman–Crippen LogP) is 2.44. The first kappa shape index (κ1) is 16.9. The third kappa shape index (κ3) is 3.99. The Morgan fingerprint density at radius 1 is 1.08 bits per heavy atom. The van der Waals surface area contributed by atoms with Crippen LogP contribution in [0.2, 0.25) is 0 Å². The van der Waals surface area contributed by atoms with Gasteiger partial charge < -0.3 is 14.8 Å². The van der Waals surface area contributed by atoms with Gasteiger partial charge in [0.15, 0.2) is 0 Å². The predicted molar refractivity (Wildman–Crippen MR) is 99.1 cm³/mol. The van der Waals surface area contributed by atoms with E-state index in [9.17, 15) is 0 Å². The molecular weight excluding hydrogens is 328 g/mol. The fourth-order valence-electron chi connectivity index (χ4n) is 3.03. The Labute approximate surface area is 152 Å². The van der Waals surface area contributed by atoms with Gasteiger partial charge in [0.1, 0.15) is 0 Å². The summed E-state index contributed by atoms with van der Waals surface area (Å²) in [7, 11) is 0. The second-order valence-corrected chi connectivity index (χ2v) is 6.22. The average molecular weight is 350 g/mol. The summed E-state index contributed by atoms with van der Waals surface area (Å²) in [6.45, 7) is 3.47. The average Bonchev–Trinajstić information content (AvgIpc) is 3.14. The Balaban J connectivity index is 1.54. The summed E-state index contributed by atoms with van der Waals surface area (Å²) in [5, 5.41) is 8.28. The summed E-state index contributed by atoms with van der Waals surface area (Å²) in [5.74, 6) is 0. The number of rotatable bonds is 6. The van der Waals surface area contributed by atoms with E-state index in [0.717, 1.165) is 29.1 Å². The summed E-state index contributed by atoms with van der Waals surface area (Å²) in [4.78, 5) is 4.11. The molecule has 1 atom stereocenters. The number of nitrogens with one attached hydrogen (secondary N) is 1. The molecule has 6 heteroatoms. The zero-order valence-corrected chi connectivity index (χ0v) is 14.5. The van der Waals surface area contributed by atoms with E-state index in [-0.39, 0.29) is 6.10 Å². The van der Waals surface area contributed by atoms with Crippen molar-refractivity contribution in [1.29, 1.82) is 0 Å². The van der Waals surface area contributed by atoms with E-state index in [4.69, 9.17) is 14.6 Å². The van der Waals surface area contributed by atoms with Crippen molar-refractivity contribution >= 4 is 0 Å². The van der Waals surface area contributed by atoms with Crippen LogP contribution in [0.4, 0.5) is 0 Å². The smallest absolute Gasteiger partial charge is 0.0973 e. The van der Waals surface area contributed by atoms with Crippen LogP contribution in [0.1, 0.15) is 5.56 Å². The van der Waals surface area contributed by atoms with Gasteiger partial charge in [-0.05, 0) is 24.3 Å². The highest BCUT2D eigenvalue weighted by Gasteiger charge is 2.16. The Hall–Kier alpha value is -2.54. The zero-order chi connectivity index (χ0) is 17.6. The van der Waals surface area contributed by atoms with Gasteiger partial charge in [-0.3, -0.25) is 4.98 Å². The van der Waals surface area contributed by atoms with Gasteiger partial charge in [0.25, 0.3) is 0 Å². The molecule has 3 aromatic rings. The lowest BCUT2D eigenvalue weighted by molar-refractivity contribution is -0.0864. The maximum Gasteiger partial charge on any atom is 0.0973 e. The highest BCUT2D eigenvalue weighted by molar-refractivity contribution is 5.62. The van der Waals surface area contributed by atoms with Gasteiger partial charge in [0.05, 0.1) is 37.3 Å². The number of hydrogen-bond acceptors (Lipinski definition) is 5. The van der Waals surface area contributed by atoms with E-state index in [1.54, 1.807) is 12.4 Å². The second kappa shape index (κ2) is 8.23. The van der Waals surface area contributed by atoms with Crippen molar-refractivity contribution in [1.82, 2.24) is 20.1 Å². The van der Waals surface area contributed by atoms with Crippen LogP contribution in [0.5, 0.6) is 0 Å². The largest absolute Gasteiger partial charge is 0.376 e. The molecule has 1 aromatic carbocycles. The van der Waals surface area contributed by atoms with Crippen LogP contribution < -0.4 is 5.32 Å². The summed E-state index contributed by atoms with van der Waals surface area (Å²) in [6, 6.07) is 14.1. The van der Waals surface area contributed by atoms with E-state index in [2.05, 4.69) is 16.5 Å². The van der Waals surface area contributed by atoms with Crippen molar-refractivity contribution in [2.75, 3.05) is 26.4 Å². The molecule has 1 saturated heterocycles. The number of aromatic nitrogens is 3. The third-order valence-corrected chi connectivity index (χ3v) is 4.34. The number of para-hydroxylation sites is 1. The molecule has 0 aliphatic carbocycles.